The largest absolute Gasteiger partial charge is 0.496 e. The summed E-state index contributed by atoms with van der Waals surface area (Å²) in [6.07, 6.45) is 0.911. The van der Waals surface area contributed by atoms with Crippen LogP contribution in [0.15, 0.2) is 48.5 Å². The third-order valence-electron chi connectivity index (χ3n) is 4.23. The van der Waals surface area contributed by atoms with E-state index in [-0.39, 0.29) is 11.9 Å². The first kappa shape index (κ1) is 18.8. The lowest BCUT2D eigenvalue weighted by Crippen LogP contribution is -2.39. The summed E-state index contributed by atoms with van der Waals surface area (Å²) in [7, 11) is 1.66. The summed E-state index contributed by atoms with van der Waals surface area (Å²) >= 11 is 0. The van der Waals surface area contributed by atoms with Crippen molar-refractivity contribution < 1.29 is 14.3 Å². The molecule has 0 radical (unpaired) electrons. The van der Waals surface area contributed by atoms with Gasteiger partial charge in [-0.1, -0.05) is 44.2 Å². The van der Waals surface area contributed by atoms with Crippen LogP contribution in [0.3, 0.4) is 0 Å². The van der Waals surface area contributed by atoms with E-state index in [1.165, 1.54) is 0 Å². The lowest BCUT2D eigenvalue weighted by atomic mass is 10.0. The molecule has 0 bridgehead atoms. The second-order valence-corrected chi connectivity index (χ2v) is 6.03. The molecule has 0 spiro atoms. The monoisotopic (exact) mass is 341 g/mol. The highest BCUT2D eigenvalue weighted by molar-refractivity contribution is 5.81. The van der Waals surface area contributed by atoms with Crippen LogP contribution < -0.4 is 14.8 Å². The minimum absolute atomic E-state index is 0.0504. The van der Waals surface area contributed by atoms with Crippen LogP contribution in [0.5, 0.6) is 11.5 Å². The molecule has 4 heteroatoms. The number of hydrogen-bond acceptors (Lipinski definition) is 3. The number of amides is 1. The number of hydrogen-bond donors (Lipinski definition) is 1. The van der Waals surface area contributed by atoms with E-state index < -0.39 is 6.10 Å². The van der Waals surface area contributed by atoms with E-state index in [2.05, 4.69) is 18.3 Å². The zero-order chi connectivity index (χ0) is 18.2. The van der Waals surface area contributed by atoms with Crippen molar-refractivity contribution in [2.24, 2.45) is 0 Å². The average molecular weight is 341 g/mol. The number of rotatable bonds is 8. The number of aryl methyl sites for hydroxylation is 1. The van der Waals surface area contributed by atoms with Gasteiger partial charge in [-0.2, -0.15) is 0 Å². The summed E-state index contributed by atoms with van der Waals surface area (Å²) in [6.45, 7) is 6.01. The number of nitrogens with one attached hydrogen (secondary N) is 1. The Morgan fingerprint density at radius 2 is 1.80 bits per heavy atom. The van der Waals surface area contributed by atoms with Crippen molar-refractivity contribution >= 4 is 5.91 Å². The lowest BCUT2D eigenvalue weighted by Gasteiger charge is -2.23. The quantitative estimate of drug-likeness (QED) is 0.773. The average Bonchev–Trinajstić information content (AvgIpc) is 2.64. The maximum Gasteiger partial charge on any atom is 0.261 e. The minimum atomic E-state index is -0.504. The summed E-state index contributed by atoms with van der Waals surface area (Å²) in [5, 5.41) is 3.11. The fourth-order valence-corrected chi connectivity index (χ4v) is 2.79. The Morgan fingerprint density at radius 1 is 1.08 bits per heavy atom. The summed E-state index contributed by atoms with van der Waals surface area (Å²) in [5.74, 6) is 1.47. The lowest BCUT2D eigenvalue weighted by molar-refractivity contribution is -0.128. The number of para-hydroxylation sites is 1. The Morgan fingerprint density at radius 3 is 2.36 bits per heavy atom. The Bertz CT molecular complexity index is 685. The predicted octanol–water partition coefficient (Wildman–Crippen LogP) is 4.43. The van der Waals surface area contributed by atoms with Crippen molar-refractivity contribution in [2.45, 2.75) is 45.8 Å². The van der Waals surface area contributed by atoms with E-state index in [0.29, 0.717) is 12.2 Å². The van der Waals surface area contributed by atoms with Gasteiger partial charge >= 0.3 is 0 Å². The van der Waals surface area contributed by atoms with Crippen molar-refractivity contribution in [2.75, 3.05) is 7.11 Å². The molecule has 25 heavy (non-hydrogen) atoms. The minimum Gasteiger partial charge on any atom is -0.496 e. The van der Waals surface area contributed by atoms with Gasteiger partial charge in [0, 0.05) is 0 Å². The molecular formula is C21H27NO3. The fourth-order valence-electron chi connectivity index (χ4n) is 2.79. The van der Waals surface area contributed by atoms with Gasteiger partial charge in [0.2, 0.25) is 0 Å². The topological polar surface area (TPSA) is 47.6 Å². The van der Waals surface area contributed by atoms with Crippen LogP contribution in [0.25, 0.3) is 0 Å². The Kier molecular flexibility index (Phi) is 6.87. The third-order valence-corrected chi connectivity index (χ3v) is 4.23. The second-order valence-electron chi connectivity index (χ2n) is 6.03. The SMILES string of the molecule is CC[C@H](NC(=O)[C@@H](CC)Oc1ccccc1)c1ccc(OC)c(C)c1. The van der Waals surface area contributed by atoms with Crippen LogP contribution in [-0.2, 0) is 4.79 Å². The summed E-state index contributed by atoms with van der Waals surface area (Å²) in [6, 6.07) is 15.4. The molecule has 0 aliphatic rings. The van der Waals surface area contributed by atoms with E-state index in [1.54, 1.807) is 7.11 Å². The van der Waals surface area contributed by atoms with Gasteiger partial charge in [-0.3, -0.25) is 4.79 Å². The van der Waals surface area contributed by atoms with Gasteiger partial charge in [-0.05, 0) is 49.1 Å². The van der Waals surface area contributed by atoms with Crippen LogP contribution >= 0.6 is 0 Å². The van der Waals surface area contributed by atoms with Gasteiger partial charge in [-0.25, -0.2) is 0 Å². The molecule has 4 nitrogen and oxygen atoms in total. The number of benzene rings is 2. The Balaban J connectivity index is 2.08. The maximum absolute atomic E-state index is 12.7. The molecule has 0 aromatic heterocycles. The first-order valence-corrected chi connectivity index (χ1v) is 8.75. The highest BCUT2D eigenvalue weighted by atomic mass is 16.5. The number of carbonyl (C=O) groups is 1. The van der Waals surface area contributed by atoms with E-state index in [0.717, 1.165) is 23.3 Å². The van der Waals surface area contributed by atoms with Crippen molar-refractivity contribution in [1.82, 2.24) is 5.32 Å². The first-order valence-electron chi connectivity index (χ1n) is 8.75. The maximum atomic E-state index is 12.7. The molecule has 2 atom stereocenters. The smallest absolute Gasteiger partial charge is 0.261 e. The van der Waals surface area contributed by atoms with E-state index in [9.17, 15) is 4.79 Å². The molecule has 0 heterocycles. The second kappa shape index (κ2) is 9.11. The Labute approximate surface area is 150 Å². The normalized spacial score (nSPS) is 13.0. The summed E-state index contributed by atoms with van der Waals surface area (Å²) in [4.78, 5) is 12.7. The van der Waals surface area contributed by atoms with Crippen LogP contribution in [-0.4, -0.2) is 19.1 Å². The summed E-state index contributed by atoms with van der Waals surface area (Å²) in [5.41, 5.74) is 2.13. The molecule has 1 N–H and O–H groups in total. The van der Waals surface area contributed by atoms with Gasteiger partial charge in [0.1, 0.15) is 11.5 Å². The molecule has 2 aromatic carbocycles. The van der Waals surface area contributed by atoms with Gasteiger partial charge in [0.15, 0.2) is 6.10 Å². The standard InChI is InChI=1S/C21H27NO3/c1-5-18(16-12-13-20(24-4)15(3)14-16)22-21(23)19(6-2)25-17-10-8-7-9-11-17/h7-14,18-19H,5-6H2,1-4H3,(H,22,23)/t18-,19+/m0/s1. The number of methoxy groups -OCH3 is 1. The van der Waals surface area contributed by atoms with Gasteiger partial charge in [-0.15, -0.1) is 0 Å². The van der Waals surface area contributed by atoms with Crippen LogP contribution in [0.4, 0.5) is 0 Å². The molecule has 2 aromatic rings. The predicted molar refractivity (Wildman–Crippen MR) is 100 cm³/mol. The molecule has 0 saturated heterocycles. The molecule has 0 aliphatic heterocycles. The molecule has 0 saturated carbocycles. The molecule has 134 valence electrons. The molecule has 0 unspecified atom stereocenters. The highest BCUT2D eigenvalue weighted by Gasteiger charge is 2.22. The van der Waals surface area contributed by atoms with Crippen molar-refractivity contribution in [3.63, 3.8) is 0 Å². The van der Waals surface area contributed by atoms with E-state index in [4.69, 9.17) is 9.47 Å². The van der Waals surface area contributed by atoms with Gasteiger partial charge in [0.05, 0.1) is 13.2 Å². The van der Waals surface area contributed by atoms with E-state index in [1.807, 2.05) is 56.3 Å². The summed E-state index contributed by atoms with van der Waals surface area (Å²) < 4.78 is 11.1. The third kappa shape index (κ3) is 4.99. The number of ether oxygens (including phenoxy) is 2. The van der Waals surface area contributed by atoms with Crippen LogP contribution in [0.2, 0.25) is 0 Å². The molecule has 2 rings (SSSR count). The number of carbonyl (C=O) groups excluding carboxylic acids is 1. The highest BCUT2D eigenvalue weighted by Crippen LogP contribution is 2.24. The first-order chi connectivity index (χ1) is 12.1. The zero-order valence-corrected chi connectivity index (χ0v) is 15.4. The molecule has 0 aliphatic carbocycles. The molecule has 1 amide bonds. The van der Waals surface area contributed by atoms with Crippen LogP contribution in [0, 0.1) is 6.92 Å². The van der Waals surface area contributed by atoms with Crippen molar-refractivity contribution in [1.29, 1.82) is 0 Å². The molecule has 0 fully saturated rings. The van der Waals surface area contributed by atoms with Crippen molar-refractivity contribution in [3.8, 4) is 11.5 Å². The molecular weight excluding hydrogens is 314 g/mol. The van der Waals surface area contributed by atoms with E-state index >= 15 is 0 Å². The van der Waals surface area contributed by atoms with Crippen LogP contribution in [0.1, 0.15) is 43.9 Å². The van der Waals surface area contributed by atoms with Crippen molar-refractivity contribution in [3.05, 3.63) is 59.7 Å². The Hall–Kier alpha value is -2.49. The zero-order valence-electron chi connectivity index (χ0n) is 15.4. The van der Waals surface area contributed by atoms with Gasteiger partial charge in [0.25, 0.3) is 5.91 Å². The van der Waals surface area contributed by atoms with Gasteiger partial charge < -0.3 is 14.8 Å². The fraction of sp³-hybridized carbons (Fsp3) is 0.381.